The van der Waals surface area contributed by atoms with Crippen molar-refractivity contribution in [2.45, 2.75) is 6.42 Å². The Hall–Kier alpha value is -0.870. The first-order valence-corrected chi connectivity index (χ1v) is 5.25. The Bertz CT molecular complexity index is 476. The predicted octanol–water partition coefficient (Wildman–Crippen LogP) is 1.77. The van der Waals surface area contributed by atoms with Crippen molar-refractivity contribution < 1.29 is 0 Å². The van der Waals surface area contributed by atoms with Crippen LogP contribution in [0, 0.1) is 0 Å². The SMILES string of the molecule is O=c1[nH]c(CCCl)nc2ccsc12. The number of aryl methyl sites for hydroxylation is 1. The zero-order valence-electron chi connectivity index (χ0n) is 6.71. The molecule has 0 radical (unpaired) electrons. The molecule has 0 aliphatic carbocycles. The van der Waals surface area contributed by atoms with Crippen LogP contribution in [0.15, 0.2) is 16.2 Å². The molecule has 68 valence electrons. The third-order valence-corrected chi connectivity index (χ3v) is 2.79. The highest BCUT2D eigenvalue weighted by atomic mass is 35.5. The fourth-order valence-corrected chi connectivity index (χ4v) is 2.03. The molecule has 2 aromatic heterocycles. The summed E-state index contributed by atoms with van der Waals surface area (Å²) in [7, 11) is 0. The van der Waals surface area contributed by atoms with E-state index in [0.29, 0.717) is 22.8 Å². The monoisotopic (exact) mass is 214 g/mol. The van der Waals surface area contributed by atoms with Crippen molar-refractivity contribution in [2.24, 2.45) is 0 Å². The third kappa shape index (κ3) is 1.59. The van der Waals surface area contributed by atoms with Gasteiger partial charge in [0.1, 0.15) is 10.5 Å². The van der Waals surface area contributed by atoms with Gasteiger partial charge in [-0.1, -0.05) is 0 Å². The van der Waals surface area contributed by atoms with Crippen molar-refractivity contribution in [3.63, 3.8) is 0 Å². The highest BCUT2D eigenvalue weighted by Gasteiger charge is 2.03. The fraction of sp³-hybridized carbons (Fsp3) is 0.250. The van der Waals surface area contributed by atoms with Crippen LogP contribution in [0.2, 0.25) is 0 Å². The molecule has 3 nitrogen and oxygen atoms in total. The van der Waals surface area contributed by atoms with Crippen LogP contribution in [-0.4, -0.2) is 15.8 Å². The van der Waals surface area contributed by atoms with Gasteiger partial charge >= 0.3 is 0 Å². The first-order chi connectivity index (χ1) is 6.31. The normalized spacial score (nSPS) is 10.8. The van der Waals surface area contributed by atoms with Crippen molar-refractivity contribution in [3.8, 4) is 0 Å². The summed E-state index contributed by atoms with van der Waals surface area (Å²) >= 11 is 6.96. The number of rotatable bonds is 2. The maximum atomic E-state index is 11.4. The maximum Gasteiger partial charge on any atom is 0.268 e. The van der Waals surface area contributed by atoms with Gasteiger partial charge in [-0.25, -0.2) is 4.98 Å². The highest BCUT2D eigenvalue weighted by Crippen LogP contribution is 2.13. The van der Waals surface area contributed by atoms with E-state index < -0.39 is 0 Å². The number of aromatic nitrogens is 2. The number of aromatic amines is 1. The first-order valence-electron chi connectivity index (χ1n) is 3.83. The first kappa shape index (κ1) is 8.72. The molecule has 0 atom stereocenters. The van der Waals surface area contributed by atoms with Crippen LogP contribution in [0.5, 0.6) is 0 Å². The van der Waals surface area contributed by atoms with Crippen LogP contribution in [0.3, 0.4) is 0 Å². The lowest BCUT2D eigenvalue weighted by Gasteiger charge is -1.96. The number of thiophene rings is 1. The Morgan fingerprint density at radius 1 is 1.62 bits per heavy atom. The quantitative estimate of drug-likeness (QED) is 0.775. The van der Waals surface area contributed by atoms with Crippen molar-refractivity contribution in [2.75, 3.05) is 5.88 Å². The number of halogens is 1. The molecule has 2 rings (SSSR count). The molecule has 0 amide bonds. The molecule has 0 aromatic carbocycles. The molecule has 0 spiro atoms. The minimum atomic E-state index is -0.0693. The second-order valence-corrected chi connectivity index (χ2v) is 3.88. The lowest BCUT2D eigenvalue weighted by Crippen LogP contribution is -2.10. The summed E-state index contributed by atoms with van der Waals surface area (Å²) in [5.74, 6) is 1.13. The smallest absolute Gasteiger partial charge is 0.268 e. The van der Waals surface area contributed by atoms with Crippen LogP contribution in [-0.2, 0) is 6.42 Å². The van der Waals surface area contributed by atoms with E-state index >= 15 is 0 Å². The number of hydrogen-bond acceptors (Lipinski definition) is 3. The lowest BCUT2D eigenvalue weighted by molar-refractivity contribution is 0.951. The van der Waals surface area contributed by atoms with Gasteiger partial charge < -0.3 is 4.98 Å². The van der Waals surface area contributed by atoms with Gasteiger partial charge in [0.05, 0.1) is 5.52 Å². The number of fused-ring (bicyclic) bond motifs is 1. The average molecular weight is 215 g/mol. The van der Waals surface area contributed by atoms with Gasteiger partial charge in [-0.3, -0.25) is 4.79 Å². The zero-order valence-corrected chi connectivity index (χ0v) is 8.28. The largest absolute Gasteiger partial charge is 0.309 e. The Morgan fingerprint density at radius 3 is 3.23 bits per heavy atom. The van der Waals surface area contributed by atoms with E-state index in [4.69, 9.17) is 11.6 Å². The predicted molar refractivity (Wildman–Crippen MR) is 54.7 cm³/mol. The van der Waals surface area contributed by atoms with Crippen LogP contribution in [0.1, 0.15) is 5.82 Å². The Kier molecular flexibility index (Phi) is 2.33. The number of hydrogen-bond donors (Lipinski definition) is 1. The summed E-state index contributed by atoms with van der Waals surface area (Å²) in [6.07, 6.45) is 0.600. The van der Waals surface area contributed by atoms with Gasteiger partial charge in [0, 0.05) is 12.3 Å². The molecule has 0 unspecified atom stereocenters. The highest BCUT2D eigenvalue weighted by molar-refractivity contribution is 7.17. The molecule has 1 N–H and O–H groups in total. The molecular weight excluding hydrogens is 208 g/mol. The number of nitrogens with one attached hydrogen (secondary N) is 1. The van der Waals surface area contributed by atoms with E-state index in [1.165, 1.54) is 11.3 Å². The molecule has 0 aliphatic rings. The minimum Gasteiger partial charge on any atom is -0.309 e. The van der Waals surface area contributed by atoms with Gasteiger partial charge in [-0.05, 0) is 11.4 Å². The third-order valence-electron chi connectivity index (χ3n) is 1.70. The molecule has 5 heteroatoms. The van der Waals surface area contributed by atoms with Crippen LogP contribution < -0.4 is 5.56 Å². The van der Waals surface area contributed by atoms with Crippen LogP contribution in [0.4, 0.5) is 0 Å². The maximum absolute atomic E-state index is 11.4. The summed E-state index contributed by atoms with van der Waals surface area (Å²) in [4.78, 5) is 18.4. The number of alkyl halides is 1. The molecule has 0 saturated heterocycles. The molecule has 2 heterocycles. The van der Waals surface area contributed by atoms with Crippen molar-refractivity contribution in [3.05, 3.63) is 27.6 Å². The molecule has 2 aromatic rings. The van der Waals surface area contributed by atoms with E-state index in [0.717, 1.165) is 5.52 Å². The fourth-order valence-electron chi connectivity index (χ4n) is 1.13. The summed E-state index contributed by atoms with van der Waals surface area (Å²) in [5.41, 5.74) is 0.689. The van der Waals surface area contributed by atoms with Gasteiger partial charge in [0.2, 0.25) is 0 Å². The van der Waals surface area contributed by atoms with Crippen LogP contribution >= 0.6 is 22.9 Å². The summed E-state index contributed by atoms with van der Waals surface area (Å²) < 4.78 is 0.679. The second-order valence-electron chi connectivity index (χ2n) is 2.59. The molecule has 0 bridgehead atoms. The van der Waals surface area contributed by atoms with E-state index in [1.54, 1.807) is 0 Å². The van der Waals surface area contributed by atoms with Gasteiger partial charge in [0.15, 0.2) is 0 Å². The minimum absolute atomic E-state index is 0.0693. The Labute approximate surface area is 83.4 Å². The van der Waals surface area contributed by atoms with E-state index in [1.807, 2.05) is 11.4 Å². The molecule has 0 fully saturated rings. The molecular formula is C8H7ClN2OS. The van der Waals surface area contributed by atoms with Crippen LogP contribution in [0.25, 0.3) is 10.2 Å². The average Bonchev–Trinajstić information content (AvgIpc) is 2.53. The topological polar surface area (TPSA) is 45.8 Å². The molecule has 13 heavy (non-hydrogen) atoms. The van der Waals surface area contributed by atoms with Crippen molar-refractivity contribution in [1.82, 2.24) is 9.97 Å². The van der Waals surface area contributed by atoms with E-state index in [9.17, 15) is 4.79 Å². The second kappa shape index (κ2) is 3.47. The summed E-state index contributed by atoms with van der Waals surface area (Å²) in [5, 5.41) is 1.86. The lowest BCUT2D eigenvalue weighted by atomic mass is 10.4. The van der Waals surface area contributed by atoms with Crippen molar-refractivity contribution in [1.29, 1.82) is 0 Å². The van der Waals surface area contributed by atoms with Gasteiger partial charge in [0.25, 0.3) is 5.56 Å². The molecule has 0 saturated carbocycles. The van der Waals surface area contributed by atoms with Gasteiger partial charge in [-0.15, -0.1) is 22.9 Å². The number of nitrogens with zero attached hydrogens (tertiary/aromatic N) is 1. The summed E-state index contributed by atoms with van der Waals surface area (Å²) in [6, 6.07) is 1.84. The number of H-pyrrole nitrogens is 1. The Morgan fingerprint density at radius 2 is 2.46 bits per heavy atom. The van der Waals surface area contributed by atoms with Crippen molar-refractivity contribution >= 4 is 33.2 Å². The van der Waals surface area contributed by atoms with Gasteiger partial charge in [-0.2, -0.15) is 0 Å². The standard InChI is InChI=1S/C8H7ClN2OS/c9-3-1-6-10-5-2-4-13-7(5)8(12)11-6/h2,4H,1,3H2,(H,10,11,12). The van der Waals surface area contributed by atoms with E-state index in [2.05, 4.69) is 9.97 Å². The summed E-state index contributed by atoms with van der Waals surface area (Å²) in [6.45, 7) is 0. The molecule has 0 aliphatic heterocycles. The Balaban J connectivity index is 2.63. The zero-order chi connectivity index (χ0) is 9.26. The van der Waals surface area contributed by atoms with E-state index in [-0.39, 0.29) is 5.56 Å².